The summed E-state index contributed by atoms with van der Waals surface area (Å²) in [4.78, 5) is 69.2. The lowest BCUT2D eigenvalue weighted by molar-refractivity contribution is -0.138. The Kier molecular flexibility index (Phi) is 11.9. The van der Waals surface area contributed by atoms with Crippen molar-refractivity contribution >= 4 is 61.7 Å². The van der Waals surface area contributed by atoms with Gasteiger partial charge in [-0.05, 0) is 53.3 Å². The number of aliphatic imine (C=N–C) groups is 1. The van der Waals surface area contributed by atoms with Crippen LogP contribution in [0.3, 0.4) is 0 Å². The molecule has 0 saturated carbocycles. The van der Waals surface area contributed by atoms with Gasteiger partial charge in [0, 0.05) is 29.6 Å². The smallest absolute Gasteiger partial charge is 0.407 e. The van der Waals surface area contributed by atoms with Crippen LogP contribution < -0.4 is 16.0 Å². The topological polar surface area (TPSA) is 181 Å². The van der Waals surface area contributed by atoms with E-state index in [1.807, 2.05) is 53.4 Å². The maximum Gasteiger partial charge on any atom is 0.407 e. The van der Waals surface area contributed by atoms with Crippen LogP contribution in [-0.2, 0) is 19.1 Å². The predicted octanol–water partition coefficient (Wildman–Crippen LogP) is 6.66. The zero-order valence-electron chi connectivity index (χ0n) is 34.0. The number of methoxy groups -OCH3 is 1. The molecule has 62 heavy (non-hydrogen) atoms. The quantitative estimate of drug-likeness (QED) is 0.0905. The summed E-state index contributed by atoms with van der Waals surface area (Å²) in [5.41, 5.74) is 6.60. The molecular formula is C46H46N8O6S2. The number of rotatable bonds is 12. The van der Waals surface area contributed by atoms with Crippen LogP contribution in [0.4, 0.5) is 4.79 Å². The Balaban J connectivity index is 0.869. The van der Waals surface area contributed by atoms with E-state index in [2.05, 4.69) is 56.0 Å². The number of H-pyrrole nitrogens is 1. The van der Waals surface area contributed by atoms with Gasteiger partial charge in [-0.3, -0.25) is 19.4 Å². The van der Waals surface area contributed by atoms with E-state index in [0.29, 0.717) is 36.6 Å². The number of aromatic amines is 1. The van der Waals surface area contributed by atoms with Gasteiger partial charge in [0.1, 0.15) is 30.4 Å². The monoisotopic (exact) mass is 870 g/mol. The number of nitrogens with zero attached hydrogens (tertiary/aromatic N) is 4. The van der Waals surface area contributed by atoms with Gasteiger partial charge in [-0.2, -0.15) is 0 Å². The molecule has 0 bridgehead atoms. The van der Waals surface area contributed by atoms with E-state index >= 15 is 0 Å². The predicted molar refractivity (Wildman–Crippen MR) is 238 cm³/mol. The highest BCUT2D eigenvalue weighted by Crippen LogP contribution is 2.43. The molecular weight excluding hydrogens is 825 g/mol. The van der Waals surface area contributed by atoms with Gasteiger partial charge in [-0.25, -0.2) is 9.78 Å². The number of benzene rings is 3. The summed E-state index contributed by atoms with van der Waals surface area (Å²) in [5, 5.41) is 22.9. The minimum absolute atomic E-state index is 0.0209. The molecule has 6 aromatic rings. The van der Waals surface area contributed by atoms with Crippen molar-refractivity contribution in [3.63, 3.8) is 0 Å². The number of nitrogens with one attached hydrogen (secondary N) is 4. The number of hydrogen-bond acceptors (Lipinski definition) is 11. The van der Waals surface area contributed by atoms with Crippen LogP contribution in [0.1, 0.15) is 72.4 Å². The largest absolute Gasteiger partial charge is 0.453 e. The Morgan fingerprint density at radius 2 is 1.42 bits per heavy atom. The van der Waals surface area contributed by atoms with Crippen molar-refractivity contribution in [1.29, 1.82) is 0 Å². The van der Waals surface area contributed by atoms with Crippen LogP contribution in [0.2, 0.25) is 0 Å². The van der Waals surface area contributed by atoms with Gasteiger partial charge in [0.2, 0.25) is 11.8 Å². The fourth-order valence-corrected chi connectivity index (χ4v) is 11.3. The molecule has 3 aromatic carbocycles. The molecule has 5 atom stereocenters. The number of amidine groups is 1. The maximum atomic E-state index is 14.0. The van der Waals surface area contributed by atoms with Gasteiger partial charge in [0.25, 0.3) is 5.91 Å². The van der Waals surface area contributed by atoms with E-state index in [0.717, 1.165) is 53.9 Å². The fourth-order valence-electron chi connectivity index (χ4n) is 8.81. The summed E-state index contributed by atoms with van der Waals surface area (Å²) >= 11 is 3.44. The van der Waals surface area contributed by atoms with E-state index in [1.54, 1.807) is 45.9 Å². The number of thiophene rings is 2. The molecule has 3 aliphatic heterocycles. The Bertz CT molecular complexity index is 2610. The Labute approximate surface area is 366 Å². The van der Waals surface area contributed by atoms with Crippen LogP contribution in [0, 0.1) is 0 Å². The molecule has 9 rings (SSSR count). The molecule has 0 spiro atoms. The molecule has 3 unspecified atom stereocenters. The Hall–Kier alpha value is -6.36. The summed E-state index contributed by atoms with van der Waals surface area (Å²) in [6.07, 6.45) is 4.29. The molecule has 0 aliphatic carbocycles. The molecule has 318 valence electrons. The van der Waals surface area contributed by atoms with Crippen LogP contribution in [0.5, 0.6) is 0 Å². The standard InChI is InChI=1S/C46H46N8O6S2/c1-60-46(59)52-39(30-12-6-3-7-13-30)45(58)54-21-9-15-36(54)43-48-23-34(50-43)32-26-62-40-31(25-61-41(32)40)27-16-18-28(19-17-27)33-22-47-42(49-33)35-14-8-20-53(35)44(57)38(51-37(56)24-55)29-10-4-2-5-11-29/h2-7,10-13,16-19,22,25-26,34-36,38-39,55H,8-9,14-15,20-21,23-24H2,1H3,(H,47,49)(H,48,50)(H,51,56)(H,52,59)/t34?,35?,36?,38-,39-/m1/s1. The number of alkyl carbamates (subject to hydrolysis) is 1. The second-order valence-corrected chi connectivity index (χ2v) is 17.4. The SMILES string of the molecule is COC(=O)N[C@@H](C(=O)N1CCCC1C1=NCC(c2csc3c(-c4ccc(-c5cnc(C6CCCN6C(=O)[C@H](NC(=O)CO)c6ccccc6)[nH]5)cc4)csc23)N1)c1ccccc1. The maximum absolute atomic E-state index is 14.0. The molecule has 3 aromatic heterocycles. The van der Waals surface area contributed by atoms with Gasteiger partial charge in [0.15, 0.2) is 0 Å². The first-order valence-corrected chi connectivity index (χ1v) is 22.5. The van der Waals surface area contributed by atoms with Crippen molar-refractivity contribution < 1.29 is 29.0 Å². The number of aliphatic hydroxyl groups is 1. The molecule has 0 radical (unpaired) electrons. The van der Waals surface area contributed by atoms with Crippen molar-refractivity contribution in [2.24, 2.45) is 4.99 Å². The number of hydrogen-bond donors (Lipinski definition) is 5. The summed E-state index contributed by atoms with van der Waals surface area (Å²) < 4.78 is 7.28. The molecule has 5 N–H and O–H groups in total. The van der Waals surface area contributed by atoms with E-state index in [4.69, 9.17) is 14.7 Å². The van der Waals surface area contributed by atoms with E-state index < -0.39 is 30.7 Å². The third-order valence-corrected chi connectivity index (χ3v) is 14.1. The minimum atomic E-state index is -0.917. The number of fused-ring (bicyclic) bond motifs is 1. The number of imidazole rings is 1. The second kappa shape index (κ2) is 17.9. The van der Waals surface area contributed by atoms with Crippen LogP contribution in [0.25, 0.3) is 31.8 Å². The van der Waals surface area contributed by atoms with E-state index in [-0.39, 0.29) is 29.9 Å². The summed E-state index contributed by atoms with van der Waals surface area (Å²) in [6, 6.07) is 24.4. The zero-order chi connectivity index (χ0) is 42.7. The lowest BCUT2D eigenvalue weighted by Gasteiger charge is -2.29. The van der Waals surface area contributed by atoms with Gasteiger partial charge in [-0.15, -0.1) is 22.7 Å². The molecule has 6 heterocycles. The summed E-state index contributed by atoms with van der Waals surface area (Å²) in [5.74, 6) is 0.443. The lowest BCUT2D eigenvalue weighted by Crippen LogP contribution is -2.49. The first-order chi connectivity index (χ1) is 30.3. The van der Waals surface area contributed by atoms with Gasteiger partial charge in [0.05, 0.1) is 53.1 Å². The fraction of sp³-hybridized carbons (Fsp3) is 0.304. The van der Waals surface area contributed by atoms with Crippen molar-refractivity contribution in [1.82, 2.24) is 35.7 Å². The molecule has 14 nitrogen and oxygen atoms in total. The van der Waals surface area contributed by atoms with Crippen molar-refractivity contribution in [3.8, 4) is 22.4 Å². The Morgan fingerprint density at radius 1 is 0.806 bits per heavy atom. The number of amides is 4. The molecule has 4 amide bonds. The number of aliphatic hydroxyl groups excluding tert-OH is 1. The highest BCUT2D eigenvalue weighted by molar-refractivity contribution is 7.27. The normalized spacial score (nSPS) is 19.5. The van der Waals surface area contributed by atoms with Gasteiger partial charge in [-0.1, -0.05) is 84.9 Å². The van der Waals surface area contributed by atoms with E-state index in [1.165, 1.54) is 22.1 Å². The molecule has 16 heteroatoms. The molecule has 3 aliphatic rings. The average molecular weight is 871 g/mol. The summed E-state index contributed by atoms with van der Waals surface area (Å²) in [7, 11) is 1.29. The van der Waals surface area contributed by atoms with Crippen molar-refractivity contribution in [3.05, 3.63) is 124 Å². The average Bonchev–Trinajstić information content (AvgIpc) is 4.17. The number of carbonyl (C=O) groups excluding carboxylic acids is 4. The van der Waals surface area contributed by atoms with Crippen molar-refractivity contribution in [2.45, 2.75) is 55.9 Å². The Morgan fingerprint density at radius 3 is 2.08 bits per heavy atom. The first kappa shape index (κ1) is 41.0. The van der Waals surface area contributed by atoms with Crippen LogP contribution >= 0.6 is 22.7 Å². The number of likely N-dealkylation sites (tertiary alicyclic amines) is 2. The van der Waals surface area contributed by atoms with Gasteiger partial charge >= 0.3 is 6.09 Å². The highest BCUT2D eigenvalue weighted by Gasteiger charge is 2.40. The van der Waals surface area contributed by atoms with Gasteiger partial charge < -0.3 is 40.6 Å². The molecule has 2 saturated heterocycles. The second-order valence-electron chi connectivity index (χ2n) is 15.6. The first-order valence-electron chi connectivity index (χ1n) is 20.7. The van der Waals surface area contributed by atoms with Crippen molar-refractivity contribution in [2.75, 3.05) is 33.4 Å². The molecule has 2 fully saturated rings. The zero-order valence-corrected chi connectivity index (χ0v) is 35.6. The van der Waals surface area contributed by atoms with E-state index in [9.17, 15) is 24.3 Å². The number of ether oxygens (including phenoxy) is 1. The third kappa shape index (κ3) is 8.08. The lowest BCUT2D eigenvalue weighted by atomic mass is 10.0. The number of aromatic nitrogens is 2. The third-order valence-electron chi connectivity index (χ3n) is 11.9. The minimum Gasteiger partial charge on any atom is -0.453 e. The number of carbonyl (C=O) groups is 4. The summed E-state index contributed by atoms with van der Waals surface area (Å²) in [6.45, 7) is 0.966. The van der Waals surface area contributed by atoms with Crippen LogP contribution in [0.15, 0.2) is 107 Å². The highest BCUT2D eigenvalue weighted by atomic mass is 32.1. The van der Waals surface area contributed by atoms with Crippen LogP contribution in [-0.4, -0.2) is 93.9 Å².